The van der Waals surface area contributed by atoms with Crippen molar-refractivity contribution >= 4 is 39.1 Å². The average molecular weight is 467 g/mol. The molecule has 2 saturated heterocycles. The van der Waals surface area contributed by atoms with Gasteiger partial charge in [0.1, 0.15) is 11.7 Å². The van der Waals surface area contributed by atoms with Crippen molar-refractivity contribution in [2.75, 3.05) is 9.96 Å². The first kappa shape index (κ1) is 19.0. The highest BCUT2D eigenvalue weighted by atomic mass is 79.9. The van der Waals surface area contributed by atoms with E-state index in [-0.39, 0.29) is 5.91 Å². The molecule has 5 nitrogen and oxygen atoms in total. The van der Waals surface area contributed by atoms with E-state index in [4.69, 9.17) is 4.84 Å². The van der Waals surface area contributed by atoms with Gasteiger partial charge in [0.15, 0.2) is 6.10 Å². The molecule has 7 heteroatoms. The quantitative estimate of drug-likeness (QED) is 0.527. The molecule has 3 aromatic carbocycles. The van der Waals surface area contributed by atoms with Gasteiger partial charge in [-0.05, 0) is 54.1 Å². The molecule has 3 atom stereocenters. The fraction of sp³-hybridized carbons (Fsp3) is 0.130. The fourth-order valence-electron chi connectivity index (χ4n) is 4.09. The number of amides is 2. The van der Waals surface area contributed by atoms with E-state index in [0.717, 1.165) is 20.6 Å². The van der Waals surface area contributed by atoms with Gasteiger partial charge >= 0.3 is 0 Å². The Morgan fingerprint density at radius 3 is 2.27 bits per heavy atom. The summed E-state index contributed by atoms with van der Waals surface area (Å²) in [6, 6.07) is 21.8. The van der Waals surface area contributed by atoms with Gasteiger partial charge in [0.05, 0.1) is 17.4 Å². The third kappa shape index (κ3) is 3.02. The van der Waals surface area contributed by atoms with E-state index < -0.39 is 29.8 Å². The summed E-state index contributed by atoms with van der Waals surface area (Å²) in [5.41, 5.74) is 1.94. The van der Waals surface area contributed by atoms with Gasteiger partial charge in [0.2, 0.25) is 5.91 Å². The van der Waals surface area contributed by atoms with E-state index in [0.29, 0.717) is 5.69 Å². The Morgan fingerprint density at radius 1 is 0.833 bits per heavy atom. The molecule has 2 aliphatic rings. The first-order chi connectivity index (χ1) is 14.5. The van der Waals surface area contributed by atoms with Gasteiger partial charge in [-0.2, -0.15) is 0 Å². The maximum Gasteiger partial charge on any atom is 0.266 e. The summed E-state index contributed by atoms with van der Waals surface area (Å²) in [4.78, 5) is 33.7. The van der Waals surface area contributed by atoms with E-state index >= 15 is 0 Å². The number of hydrogen-bond donors (Lipinski definition) is 0. The smallest absolute Gasteiger partial charge is 0.266 e. The second kappa shape index (κ2) is 7.34. The summed E-state index contributed by atoms with van der Waals surface area (Å²) in [5, 5.41) is 1.65. The van der Waals surface area contributed by atoms with Crippen LogP contribution in [0.4, 0.5) is 15.8 Å². The number of carbonyl (C=O) groups excluding carboxylic acids is 2. The largest absolute Gasteiger partial charge is 0.273 e. The molecule has 0 aliphatic carbocycles. The highest BCUT2D eigenvalue weighted by molar-refractivity contribution is 9.10. The Hall–Kier alpha value is -3.03. The number of fused-ring (bicyclic) bond motifs is 1. The Morgan fingerprint density at radius 2 is 1.57 bits per heavy atom. The SMILES string of the molecule is O=C1[C@H]2[C@@H](c3cccc(Br)c3)N(c3ccccc3)O[C@H]2C(=O)N1c1ccc(F)cc1. The molecular formula is C23H16BrFN2O3. The highest BCUT2D eigenvalue weighted by Crippen LogP contribution is 2.47. The molecule has 0 unspecified atom stereocenters. The summed E-state index contributed by atoms with van der Waals surface area (Å²) in [5.74, 6) is -1.97. The maximum atomic E-state index is 13.4. The minimum atomic E-state index is -0.952. The van der Waals surface area contributed by atoms with E-state index in [9.17, 15) is 14.0 Å². The number of nitrogens with zero attached hydrogens (tertiary/aromatic N) is 2. The fourth-order valence-corrected chi connectivity index (χ4v) is 4.50. The van der Waals surface area contributed by atoms with Crippen LogP contribution in [-0.2, 0) is 14.4 Å². The molecular weight excluding hydrogens is 451 g/mol. The van der Waals surface area contributed by atoms with Crippen LogP contribution in [0.3, 0.4) is 0 Å². The Balaban J connectivity index is 1.59. The molecule has 0 N–H and O–H groups in total. The van der Waals surface area contributed by atoms with Crippen molar-refractivity contribution in [2.24, 2.45) is 5.92 Å². The number of hydroxylamine groups is 1. The van der Waals surface area contributed by atoms with Gasteiger partial charge in [-0.25, -0.2) is 14.4 Å². The molecule has 0 aromatic heterocycles. The van der Waals surface area contributed by atoms with Crippen molar-refractivity contribution in [1.29, 1.82) is 0 Å². The highest BCUT2D eigenvalue weighted by Gasteiger charge is 2.60. The third-order valence-electron chi connectivity index (χ3n) is 5.40. The van der Waals surface area contributed by atoms with Crippen molar-refractivity contribution < 1.29 is 18.8 Å². The molecule has 150 valence electrons. The van der Waals surface area contributed by atoms with Crippen LogP contribution in [0.2, 0.25) is 0 Å². The molecule has 2 aliphatic heterocycles. The molecule has 0 radical (unpaired) electrons. The summed E-state index contributed by atoms with van der Waals surface area (Å²) in [7, 11) is 0. The monoisotopic (exact) mass is 466 g/mol. The van der Waals surface area contributed by atoms with Crippen LogP contribution < -0.4 is 9.96 Å². The summed E-state index contributed by atoms with van der Waals surface area (Å²) in [6.45, 7) is 0. The molecule has 2 fully saturated rings. The van der Waals surface area contributed by atoms with E-state index in [2.05, 4.69) is 15.9 Å². The lowest BCUT2D eigenvalue weighted by molar-refractivity contribution is -0.126. The summed E-state index contributed by atoms with van der Waals surface area (Å²) < 4.78 is 14.2. The van der Waals surface area contributed by atoms with Crippen LogP contribution in [0.1, 0.15) is 11.6 Å². The number of anilines is 2. The minimum Gasteiger partial charge on any atom is -0.273 e. The van der Waals surface area contributed by atoms with Crippen LogP contribution in [0.5, 0.6) is 0 Å². The van der Waals surface area contributed by atoms with Crippen LogP contribution in [0.25, 0.3) is 0 Å². The van der Waals surface area contributed by atoms with Crippen molar-refractivity contribution in [3.8, 4) is 0 Å². The minimum absolute atomic E-state index is 0.337. The van der Waals surface area contributed by atoms with Crippen molar-refractivity contribution in [3.05, 3.63) is 94.7 Å². The van der Waals surface area contributed by atoms with Crippen molar-refractivity contribution in [3.63, 3.8) is 0 Å². The van der Waals surface area contributed by atoms with Gasteiger partial charge in [0, 0.05) is 4.47 Å². The lowest BCUT2D eigenvalue weighted by Gasteiger charge is -2.28. The van der Waals surface area contributed by atoms with E-state index in [1.165, 1.54) is 24.3 Å². The second-order valence-electron chi connectivity index (χ2n) is 7.20. The van der Waals surface area contributed by atoms with Crippen LogP contribution in [0.15, 0.2) is 83.3 Å². The number of para-hydroxylation sites is 1. The Labute approximate surface area is 180 Å². The van der Waals surface area contributed by atoms with E-state index in [1.54, 1.807) is 5.06 Å². The number of halogens is 2. The third-order valence-corrected chi connectivity index (χ3v) is 5.89. The van der Waals surface area contributed by atoms with Crippen molar-refractivity contribution in [1.82, 2.24) is 0 Å². The zero-order valence-corrected chi connectivity index (χ0v) is 17.2. The number of benzene rings is 3. The molecule has 0 spiro atoms. The number of imide groups is 1. The van der Waals surface area contributed by atoms with Crippen LogP contribution >= 0.6 is 15.9 Å². The normalized spacial score (nSPS) is 23.2. The van der Waals surface area contributed by atoms with Gasteiger partial charge in [-0.15, -0.1) is 0 Å². The number of hydrogen-bond acceptors (Lipinski definition) is 4. The topological polar surface area (TPSA) is 49.9 Å². The zero-order valence-electron chi connectivity index (χ0n) is 15.6. The van der Waals surface area contributed by atoms with Gasteiger partial charge in [-0.1, -0.05) is 46.3 Å². The molecule has 5 rings (SSSR count). The molecule has 3 aromatic rings. The average Bonchev–Trinajstić information content (AvgIpc) is 3.26. The molecule has 2 amide bonds. The lowest BCUT2D eigenvalue weighted by Crippen LogP contribution is -2.37. The Bertz CT molecular complexity index is 1120. The van der Waals surface area contributed by atoms with Crippen LogP contribution in [0, 0.1) is 11.7 Å². The maximum absolute atomic E-state index is 13.4. The predicted octanol–water partition coefficient (Wildman–Crippen LogP) is 4.64. The van der Waals surface area contributed by atoms with Crippen molar-refractivity contribution in [2.45, 2.75) is 12.1 Å². The predicted molar refractivity (Wildman–Crippen MR) is 113 cm³/mol. The molecule has 2 heterocycles. The molecule has 30 heavy (non-hydrogen) atoms. The first-order valence-corrected chi connectivity index (χ1v) is 10.2. The molecule has 0 saturated carbocycles. The summed E-state index contributed by atoms with van der Waals surface area (Å²) in [6.07, 6.45) is -0.952. The Kier molecular flexibility index (Phi) is 4.64. The lowest BCUT2D eigenvalue weighted by atomic mass is 9.90. The van der Waals surface area contributed by atoms with Gasteiger partial charge in [-0.3, -0.25) is 14.4 Å². The van der Waals surface area contributed by atoms with Crippen LogP contribution in [-0.4, -0.2) is 17.9 Å². The first-order valence-electron chi connectivity index (χ1n) is 9.44. The molecule has 0 bridgehead atoms. The summed E-state index contributed by atoms with van der Waals surface area (Å²) >= 11 is 3.48. The zero-order chi connectivity index (χ0) is 20.8. The number of rotatable bonds is 3. The van der Waals surface area contributed by atoms with Gasteiger partial charge < -0.3 is 0 Å². The van der Waals surface area contributed by atoms with E-state index in [1.807, 2.05) is 54.6 Å². The van der Waals surface area contributed by atoms with Gasteiger partial charge in [0.25, 0.3) is 5.91 Å². The second-order valence-corrected chi connectivity index (χ2v) is 8.12. The number of carbonyl (C=O) groups is 2. The standard InChI is InChI=1S/C23H16BrFN2O3/c24-15-6-4-5-14(13-15)20-19-21(30-27(20)18-7-2-1-3-8-18)23(29)26(22(19)28)17-11-9-16(25)10-12-17/h1-13,19-21H/t19-,20+,21+/m0/s1.